The van der Waals surface area contributed by atoms with Crippen LogP contribution in [0.25, 0.3) is 0 Å². The number of hydrogen-bond donors (Lipinski definition) is 2. The summed E-state index contributed by atoms with van der Waals surface area (Å²) >= 11 is 0. The van der Waals surface area contributed by atoms with Gasteiger partial charge in [-0.05, 0) is 49.4 Å². The molecular formula is C20H28N4O2. The van der Waals surface area contributed by atoms with Crippen molar-refractivity contribution in [2.45, 2.75) is 25.8 Å². The number of anilines is 1. The van der Waals surface area contributed by atoms with Crippen molar-refractivity contribution in [3.8, 4) is 5.75 Å². The van der Waals surface area contributed by atoms with Gasteiger partial charge in [0.05, 0.1) is 12.3 Å². The molecule has 0 aliphatic carbocycles. The largest absolute Gasteiger partial charge is 0.491 e. The summed E-state index contributed by atoms with van der Waals surface area (Å²) in [6.07, 6.45) is 6.90. The normalized spacial score (nSPS) is 17.8. The van der Waals surface area contributed by atoms with E-state index >= 15 is 0 Å². The number of rotatable bonds is 8. The van der Waals surface area contributed by atoms with Crippen molar-refractivity contribution in [3.63, 3.8) is 0 Å². The fourth-order valence-electron chi connectivity index (χ4n) is 3.62. The highest BCUT2D eigenvalue weighted by Crippen LogP contribution is 2.24. The fraction of sp³-hybridized carbons (Fsp3) is 0.500. The van der Waals surface area contributed by atoms with Crippen LogP contribution in [0.5, 0.6) is 5.75 Å². The highest BCUT2D eigenvalue weighted by atomic mass is 16.5. The summed E-state index contributed by atoms with van der Waals surface area (Å²) in [4.78, 5) is 11.4. The lowest BCUT2D eigenvalue weighted by molar-refractivity contribution is 0.166. The zero-order valence-corrected chi connectivity index (χ0v) is 15.4. The van der Waals surface area contributed by atoms with Gasteiger partial charge in [0, 0.05) is 32.5 Å². The van der Waals surface area contributed by atoms with Gasteiger partial charge in [-0.15, -0.1) is 0 Å². The first-order valence-corrected chi connectivity index (χ1v) is 9.31. The number of nitrogens with one attached hydrogen (secondary N) is 1. The molecule has 140 valence electrons. The van der Waals surface area contributed by atoms with E-state index in [1.165, 1.54) is 18.4 Å². The molecular weight excluding hydrogens is 328 g/mol. The Kier molecular flexibility index (Phi) is 6.80. The van der Waals surface area contributed by atoms with Gasteiger partial charge in [-0.25, -0.2) is 4.98 Å². The minimum atomic E-state index is 0.0367. The molecule has 0 unspecified atom stereocenters. The molecule has 2 N–H and O–H groups in total. The van der Waals surface area contributed by atoms with Crippen LogP contribution >= 0.6 is 0 Å². The number of aliphatic hydroxyl groups is 1. The molecule has 26 heavy (non-hydrogen) atoms. The lowest BCUT2D eigenvalue weighted by Crippen LogP contribution is -2.36. The monoisotopic (exact) mass is 356 g/mol. The van der Waals surface area contributed by atoms with Crippen molar-refractivity contribution in [1.82, 2.24) is 14.9 Å². The zero-order chi connectivity index (χ0) is 18.2. The summed E-state index contributed by atoms with van der Waals surface area (Å²) in [5.74, 6) is 2.31. The van der Waals surface area contributed by atoms with E-state index in [2.05, 4.69) is 32.3 Å². The molecule has 0 spiro atoms. The van der Waals surface area contributed by atoms with Crippen LogP contribution in [-0.2, 0) is 13.0 Å². The van der Waals surface area contributed by atoms with E-state index in [0.717, 1.165) is 43.3 Å². The number of benzene rings is 1. The second-order valence-corrected chi connectivity index (χ2v) is 6.77. The first-order valence-electron chi connectivity index (χ1n) is 9.31. The van der Waals surface area contributed by atoms with Gasteiger partial charge < -0.3 is 15.2 Å². The second kappa shape index (κ2) is 9.50. The van der Waals surface area contributed by atoms with Crippen LogP contribution in [0, 0.1) is 5.92 Å². The smallest absolute Gasteiger partial charge is 0.147 e. The van der Waals surface area contributed by atoms with Crippen molar-refractivity contribution in [3.05, 3.63) is 47.9 Å². The van der Waals surface area contributed by atoms with E-state index in [4.69, 9.17) is 9.84 Å². The number of hydrogen-bond acceptors (Lipinski definition) is 6. The first kappa shape index (κ1) is 18.6. The van der Waals surface area contributed by atoms with Crippen LogP contribution < -0.4 is 10.1 Å². The third kappa shape index (κ3) is 5.16. The summed E-state index contributed by atoms with van der Waals surface area (Å²) in [6, 6.07) is 8.16. The number of nitrogens with zero attached hydrogens (tertiary/aromatic N) is 3. The van der Waals surface area contributed by atoms with Gasteiger partial charge in [0.25, 0.3) is 0 Å². The van der Waals surface area contributed by atoms with Crippen LogP contribution in [0.2, 0.25) is 0 Å². The summed E-state index contributed by atoms with van der Waals surface area (Å²) in [5.41, 5.74) is 2.30. The molecule has 1 aromatic carbocycles. The molecule has 0 amide bonds. The highest BCUT2D eigenvalue weighted by molar-refractivity contribution is 5.38. The molecule has 0 bridgehead atoms. The van der Waals surface area contributed by atoms with E-state index in [0.29, 0.717) is 12.5 Å². The van der Waals surface area contributed by atoms with Crippen LogP contribution in [0.15, 0.2) is 36.7 Å². The number of likely N-dealkylation sites (tertiary alicyclic amines) is 1. The van der Waals surface area contributed by atoms with E-state index in [-0.39, 0.29) is 6.61 Å². The van der Waals surface area contributed by atoms with E-state index in [9.17, 15) is 0 Å². The molecule has 1 aliphatic heterocycles. The van der Waals surface area contributed by atoms with Crippen molar-refractivity contribution in [2.75, 3.05) is 38.7 Å². The van der Waals surface area contributed by atoms with Gasteiger partial charge >= 0.3 is 0 Å². The third-order valence-electron chi connectivity index (χ3n) is 4.76. The average molecular weight is 356 g/mol. The Bertz CT molecular complexity index is 695. The summed E-state index contributed by atoms with van der Waals surface area (Å²) in [5, 5.41) is 12.0. The molecule has 1 fully saturated rings. The average Bonchev–Trinajstić information content (AvgIpc) is 2.67. The van der Waals surface area contributed by atoms with Crippen molar-refractivity contribution < 1.29 is 9.84 Å². The molecule has 0 saturated carbocycles. The Hall–Kier alpha value is -2.18. The molecule has 0 radical (unpaired) electrons. The minimum absolute atomic E-state index is 0.0367. The summed E-state index contributed by atoms with van der Waals surface area (Å²) in [7, 11) is 1.90. The predicted octanol–water partition coefficient (Wildman–Crippen LogP) is 2.34. The standard InChI is InChI=1S/C20H28N4O2/c1-21-20-19(22-7-8-23-20)13-17-5-3-9-24(15-17)14-16-4-2-6-18(12-16)26-11-10-25/h2,4,6-8,12,17,25H,3,5,9-11,13-15H2,1H3,(H,21,23)/t17-/m0/s1. The molecule has 1 aromatic heterocycles. The molecule has 1 atom stereocenters. The molecule has 2 heterocycles. The summed E-state index contributed by atoms with van der Waals surface area (Å²) < 4.78 is 5.52. The van der Waals surface area contributed by atoms with Crippen LogP contribution in [0.4, 0.5) is 5.82 Å². The maximum Gasteiger partial charge on any atom is 0.147 e. The molecule has 1 saturated heterocycles. The third-order valence-corrected chi connectivity index (χ3v) is 4.76. The SMILES string of the molecule is CNc1nccnc1C[C@@H]1CCCN(Cc2cccc(OCCO)c2)C1. The highest BCUT2D eigenvalue weighted by Gasteiger charge is 2.22. The molecule has 6 heteroatoms. The molecule has 3 rings (SSSR count). The maximum atomic E-state index is 8.90. The quantitative estimate of drug-likeness (QED) is 0.757. The lowest BCUT2D eigenvalue weighted by atomic mass is 9.93. The fourth-order valence-corrected chi connectivity index (χ4v) is 3.62. The van der Waals surface area contributed by atoms with Crippen LogP contribution in [-0.4, -0.2) is 53.3 Å². The second-order valence-electron chi connectivity index (χ2n) is 6.77. The Morgan fingerprint density at radius 2 is 2.19 bits per heavy atom. The lowest BCUT2D eigenvalue weighted by Gasteiger charge is -2.33. The number of ether oxygens (including phenoxy) is 1. The van der Waals surface area contributed by atoms with Crippen molar-refractivity contribution >= 4 is 5.82 Å². The van der Waals surface area contributed by atoms with Gasteiger partial charge in [0.15, 0.2) is 0 Å². The molecule has 2 aromatic rings. The van der Waals surface area contributed by atoms with E-state index < -0.39 is 0 Å². The van der Waals surface area contributed by atoms with Crippen LogP contribution in [0.1, 0.15) is 24.1 Å². The zero-order valence-electron chi connectivity index (χ0n) is 15.4. The summed E-state index contributed by atoms with van der Waals surface area (Å²) in [6.45, 7) is 3.49. The van der Waals surface area contributed by atoms with Crippen molar-refractivity contribution in [2.24, 2.45) is 5.92 Å². The Morgan fingerprint density at radius 3 is 3.04 bits per heavy atom. The number of aromatic nitrogens is 2. The van der Waals surface area contributed by atoms with Gasteiger partial charge in [0.2, 0.25) is 0 Å². The van der Waals surface area contributed by atoms with Crippen molar-refractivity contribution in [1.29, 1.82) is 0 Å². The van der Waals surface area contributed by atoms with E-state index in [1.54, 1.807) is 12.4 Å². The number of piperidine rings is 1. The number of aliphatic hydroxyl groups excluding tert-OH is 1. The molecule has 6 nitrogen and oxygen atoms in total. The van der Waals surface area contributed by atoms with Gasteiger partial charge in [-0.2, -0.15) is 0 Å². The Morgan fingerprint density at radius 1 is 1.31 bits per heavy atom. The van der Waals surface area contributed by atoms with Crippen LogP contribution in [0.3, 0.4) is 0 Å². The van der Waals surface area contributed by atoms with Gasteiger partial charge in [0.1, 0.15) is 18.2 Å². The predicted molar refractivity (Wildman–Crippen MR) is 102 cm³/mol. The first-order chi connectivity index (χ1) is 12.8. The van der Waals surface area contributed by atoms with Gasteiger partial charge in [-0.3, -0.25) is 9.88 Å². The Balaban J connectivity index is 1.58. The Labute approximate surface area is 155 Å². The molecule has 1 aliphatic rings. The van der Waals surface area contributed by atoms with Gasteiger partial charge in [-0.1, -0.05) is 12.1 Å². The minimum Gasteiger partial charge on any atom is -0.491 e. The van der Waals surface area contributed by atoms with E-state index in [1.807, 2.05) is 19.2 Å². The topological polar surface area (TPSA) is 70.5 Å². The maximum absolute atomic E-state index is 8.90.